The van der Waals surface area contributed by atoms with E-state index < -0.39 is 40.4 Å². The van der Waals surface area contributed by atoms with Crippen molar-refractivity contribution in [3.63, 3.8) is 0 Å². The maximum Gasteiger partial charge on any atom is 0.407 e. The molecule has 0 heterocycles. The molecule has 5 N–H and O–H groups in total. The summed E-state index contributed by atoms with van der Waals surface area (Å²) in [6.07, 6.45) is -3.98. The Morgan fingerprint density at radius 1 is 1.11 bits per heavy atom. The third kappa shape index (κ3) is 4.93. The molecule has 0 aromatic heterocycles. The maximum atomic E-state index is 13.9. The number of carbonyl (C=O) groups is 1. The topological polar surface area (TPSA) is 148 Å². The first-order valence-electron chi connectivity index (χ1n) is 11.0. The molecule has 0 saturated carbocycles. The number of hydrogen-bond acceptors (Lipinski definition) is 7. The lowest BCUT2D eigenvalue weighted by Gasteiger charge is -2.20. The molecule has 2 unspecified atom stereocenters. The van der Waals surface area contributed by atoms with Crippen LogP contribution in [0.1, 0.15) is 35.1 Å². The van der Waals surface area contributed by atoms with Crippen LogP contribution in [0, 0.1) is 15.9 Å². The van der Waals surface area contributed by atoms with E-state index in [1.807, 2.05) is 48.5 Å². The van der Waals surface area contributed by atoms with Crippen LogP contribution in [0.15, 0.2) is 60.7 Å². The molecule has 182 valence electrons. The molecular formula is C25H24FN3O6. The number of fused-ring (bicyclic) bond motifs is 3. The number of nitrogens with one attached hydrogen (secondary N) is 1. The molecule has 35 heavy (non-hydrogen) atoms. The number of halogens is 1. The first-order valence-corrected chi connectivity index (χ1v) is 11.0. The normalized spacial score (nSPS) is 14.0. The van der Waals surface area contributed by atoms with Gasteiger partial charge in [0, 0.05) is 24.1 Å². The Hall–Kier alpha value is -4.02. The molecule has 0 spiro atoms. The number of anilines is 1. The Morgan fingerprint density at radius 2 is 1.71 bits per heavy atom. The van der Waals surface area contributed by atoms with Crippen molar-refractivity contribution in [3.05, 3.63) is 93.3 Å². The predicted molar refractivity (Wildman–Crippen MR) is 126 cm³/mol. The van der Waals surface area contributed by atoms with Crippen LogP contribution >= 0.6 is 0 Å². The number of hydrogen-bond donors (Lipinski definition) is 4. The molecule has 2 atom stereocenters. The van der Waals surface area contributed by atoms with Gasteiger partial charge < -0.3 is 26.0 Å². The van der Waals surface area contributed by atoms with E-state index >= 15 is 0 Å². The van der Waals surface area contributed by atoms with Crippen LogP contribution in [0.25, 0.3) is 11.1 Å². The summed E-state index contributed by atoms with van der Waals surface area (Å²) in [7, 11) is 0. The van der Waals surface area contributed by atoms with Gasteiger partial charge in [-0.3, -0.25) is 10.1 Å². The fourth-order valence-corrected chi connectivity index (χ4v) is 4.31. The van der Waals surface area contributed by atoms with Crippen LogP contribution in [-0.2, 0) is 4.74 Å². The second-order valence-corrected chi connectivity index (χ2v) is 8.24. The van der Waals surface area contributed by atoms with Crippen molar-refractivity contribution in [2.75, 3.05) is 18.9 Å². The van der Waals surface area contributed by atoms with E-state index in [1.54, 1.807) is 0 Å². The first kappa shape index (κ1) is 24.1. The molecule has 9 nitrogen and oxygen atoms in total. The minimum Gasteiger partial charge on any atom is -0.449 e. The van der Waals surface area contributed by atoms with Gasteiger partial charge in [-0.1, -0.05) is 48.5 Å². The zero-order valence-electron chi connectivity index (χ0n) is 18.6. The zero-order valence-corrected chi connectivity index (χ0v) is 18.6. The fraction of sp³-hybridized carbons (Fsp3) is 0.240. The number of non-ortho nitro benzene ring substituents is 1. The lowest BCUT2D eigenvalue weighted by atomic mass is 9.98. The molecule has 3 aromatic carbocycles. The number of alkyl carbamates (subject to hydrolysis) is 1. The quantitative estimate of drug-likeness (QED) is 0.218. The summed E-state index contributed by atoms with van der Waals surface area (Å²) < 4.78 is 19.3. The van der Waals surface area contributed by atoms with Crippen LogP contribution < -0.4 is 11.1 Å². The van der Waals surface area contributed by atoms with E-state index in [9.17, 15) is 29.5 Å². The highest BCUT2D eigenvalue weighted by Gasteiger charge is 2.29. The van der Waals surface area contributed by atoms with Crippen molar-refractivity contribution < 1.29 is 29.1 Å². The van der Waals surface area contributed by atoms with Crippen molar-refractivity contribution in [2.45, 2.75) is 24.5 Å². The number of amides is 1. The molecule has 1 aliphatic carbocycles. The van der Waals surface area contributed by atoms with Crippen molar-refractivity contribution in [2.24, 2.45) is 0 Å². The Morgan fingerprint density at radius 3 is 2.31 bits per heavy atom. The van der Waals surface area contributed by atoms with Crippen LogP contribution in [0.4, 0.5) is 20.6 Å². The smallest absolute Gasteiger partial charge is 0.407 e. The summed E-state index contributed by atoms with van der Waals surface area (Å²) in [6, 6.07) is 17.4. The maximum absolute atomic E-state index is 13.9. The summed E-state index contributed by atoms with van der Waals surface area (Å²) in [6.45, 7) is 0.0563. The minimum atomic E-state index is -1.69. The average molecular weight is 481 g/mol. The number of nitrogen functional groups attached to an aromatic ring is 1. The van der Waals surface area contributed by atoms with Crippen LogP contribution in [0.2, 0.25) is 0 Å². The van der Waals surface area contributed by atoms with Crippen LogP contribution in [0.5, 0.6) is 0 Å². The van der Waals surface area contributed by atoms with Gasteiger partial charge in [0.25, 0.3) is 5.69 Å². The van der Waals surface area contributed by atoms with Crippen LogP contribution in [-0.4, -0.2) is 40.5 Å². The highest BCUT2D eigenvalue weighted by Crippen LogP contribution is 2.44. The Bertz CT molecular complexity index is 1220. The number of carbonyl (C=O) groups excluding carboxylic acids is 1. The van der Waals surface area contributed by atoms with E-state index in [0.29, 0.717) is 6.07 Å². The zero-order chi connectivity index (χ0) is 25.1. The number of rotatable bonds is 8. The number of aliphatic hydroxyl groups is 2. The Labute approximate surface area is 200 Å². The number of nitro benzene ring substituents is 1. The third-order valence-electron chi connectivity index (χ3n) is 6.09. The first-order chi connectivity index (χ1) is 16.8. The van der Waals surface area contributed by atoms with Gasteiger partial charge in [0.15, 0.2) is 5.82 Å². The SMILES string of the molecule is Nc1c(F)cc([N+](=O)[O-])cc1C(O)C(O)CCNC(=O)OCC1c2ccccc2-c2ccccc21. The number of nitrogens with two attached hydrogens (primary N) is 1. The second kappa shape index (κ2) is 10.1. The lowest BCUT2D eigenvalue weighted by Crippen LogP contribution is -2.31. The molecule has 0 saturated heterocycles. The molecule has 0 fully saturated rings. The molecule has 3 aromatic rings. The highest BCUT2D eigenvalue weighted by atomic mass is 19.1. The summed E-state index contributed by atoms with van der Waals surface area (Å²) in [5, 5.41) is 34.0. The summed E-state index contributed by atoms with van der Waals surface area (Å²) in [4.78, 5) is 22.4. The van der Waals surface area contributed by atoms with Gasteiger partial charge in [-0.2, -0.15) is 0 Å². The Balaban J connectivity index is 1.31. The average Bonchev–Trinajstić information content (AvgIpc) is 3.17. The molecule has 0 bridgehead atoms. The number of nitro groups is 1. The van der Waals surface area contributed by atoms with Gasteiger partial charge in [0.2, 0.25) is 0 Å². The summed E-state index contributed by atoms with van der Waals surface area (Å²) >= 11 is 0. The van der Waals surface area contributed by atoms with Crippen molar-refractivity contribution in [1.82, 2.24) is 5.32 Å². The van der Waals surface area contributed by atoms with E-state index in [0.717, 1.165) is 28.3 Å². The van der Waals surface area contributed by atoms with Gasteiger partial charge >= 0.3 is 6.09 Å². The van der Waals surface area contributed by atoms with Gasteiger partial charge in [0.05, 0.1) is 22.8 Å². The van der Waals surface area contributed by atoms with Crippen molar-refractivity contribution >= 4 is 17.5 Å². The van der Waals surface area contributed by atoms with E-state index in [-0.39, 0.29) is 31.1 Å². The highest BCUT2D eigenvalue weighted by molar-refractivity contribution is 5.79. The standard InChI is InChI=1S/C25H24FN3O6/c26-21-12-14(29(33)34)11-19(23(21)27)24(31)22(30)9-10-28-25(32)35-13-20-17-7-3-1-5-15(17)16-6-2-4-8-18(16)20/h1-8,11-12,20,22,24,30-31H,9-10,13,27H2,(H,28,32). The lowest BCUT2D eigenvalue weighted by molar-refractivity contribution is -0.385. The number of aliphatic hydroxyl groups excluding tert-OH is 2. The minimum absolute atomic E-state index is 0.0633. The van der Waals surface area contributed by atoms with Gasteiger partial charge in [-0.25, -0.2) is 9.18 Å². The predicted octanol–water partition coefficient (Wildman–Crippen LogP) is 3.64. The monoisotopic (exact) mass is 481 g/mol. The molecular weight excluding hydrogens is 457 g/mol. The van der Waals surface area contributed by atoms with E-state index in [4.69, 9.17) is 10.5 Å². The molecule has 10 heteroatoms. The van der Waals surface area contributed by atoms with Crippen molar-refractivity contribution in [1.29, 1.82) is 0 Å². The van der Waals surface area contributed by atoms with E-state index in [1.165, 1.54) is 0 Å². The van der Waals surface area contributed by atoms with Gasteiger partial charge in [-0.15, -0.1) is 0 Å². The molecule has 4 rings (SSSR count). The number of nitrogens with zero attached hydrogens (tertiary/aromatic N) is 1. The fourth-order valence-electron chi connectivity index (χ4n) is 4.31. The molecule has 0 radical (unpaired) electrons. The second-order valence-electron chi connectivity index (χ2n) is 8.24. The third-order valence-corrected chi connectivity index (χ3v) is 6.09. The largest absolute Gasteiger partial charge is 0.449 e. The van der Waals surface area contributed by atoms with Crippen LogP contribution in [0.3, 0.4) is 0 Å². The molecule has 1 amide bonds. The Kier molecular flexibility index (Phi) is 6.94. The van der Waals surface area contributed by atoms with Gasteiger partial charge in [0.1, 0.15) is 12.7 Å². The summed E-state index contributed by atoms with van der Waals surface area (Å²) in [5.74, 6) is -1.18. The molecule has 0 aliphatic heterocycles. The number of ether oxygens (including phenoxy) is 1. The summed E-state index contributed by atoms with van der Waals surface area (Å²) in [5.41, 5.74) is 8.53. The number of benzene rings is 3. The van der Waals surface area contributed by atoms with Gasteiger partial charge in [-0.05, 0) is 28.7 Å². The van der Waals surface area contributed by atoms with Crippen molar-refractivity contribution in [3.8, 4) is 11.1 Å². The van der Waals surface area contributed by atoms with E-state index in [2.05, 4.69) is 5.32 Å². The molecule has 1 aliphatic rings.